The average molecular weight is 354 g/mol. The highest BCUT2D eigenvalue weighted by Gasteiger charge is 2.20. The van der Waals surface area contributed by atoms with E-state index in [2.05, 4.69) is 10.6 Å². The summed E-state index contributed by atoms with van der Waals surface area (Å²) >= 11 is 0. The summed E-state index contributed by atoms with van der Waals surface area (Å²) < 4.78 is 0. The molecule has 0 atom stereocenters. The number of nitrogens with one attached hydrogen (secondary N) is 2. The first-order valence-corrected chi connectivity index (χ1v) is 8.52. The monoisotopic (exact) mass is 353 g/mol. The van der Waals surface area contributed by atoms with Gasteiger partial charge in [0.25, 0.3) is 5.91 Å². The first-order valence-electron chi connectivity index (χ1n) is 8.52. The van der Waals surface area contributed by atoms with Crippen LogP contribution in [0.15, 0.2) is 24.3 Å². The zero-order valence-electron chi connectivity index (χ0n) is 14.5. The van der Waals surface area contributed by atoms with E-state index in [9.17, 15) is 9.59 Å². The van der Waals surface area contributed by atoms with Gasteiger partial charge in [-0.2, -0.15) is 0 Å². The van der Waals surface area contributed by atoms with Gasteiger partial charge in [-0.05, 0) is 57.5 Å². The summed E-state index contributed by atoms with van der Waals surface area (Å²) in [4.78, 5) is 26.2. The second-order valence-corrected chi connectivity index (χ2v) is 5.92. The number of piperidine rings is 1. The minimum atomic E-state index is 0. The average Bonchev–Trinajstić information content (AvgIpc) is 2.61. The molecule has 0 aromatic heterocycles. The molecule has 1 aliphatic rings. The van der Waals surface area contributed by atoms with Crippen LogP contribution in [0.2, 0.25) is 0 Å². The fourth-order valence-corrected chi connectivity index (χ4v) is 2.88. The van der Waals surface area contributed by atoms with Gasteiger partial charge in [-0.15, -0.1) is 12.4 Å². The lowest BCUT2D eigenvalue weighted by Crippen LogP contribution is -2.37. The van der Waals surface area contributed by atoms with Crippen LogP contribution in [0.5, 0.6) is 0 Å². The Balaban J connectivity index is 0.00000288. The summed E-state index contributed by atoms with van der Waals surface area (Å²) in [6.45, 7) is 7.73. The molecule has 2 N–H and O–H groups in total. The van der Waals surface area contributed by atoms with Crippen LogP contribution in [0.1, 0.15) is 42.6 Å². The summed E-state index contributed by atoms with van der Waals surface area (Å²) in [6, 6.07) is 7.51. The molecule has 0 bridgehead atoms. The molecule has 1 saturated heterocycles. The summed E-state index contributed by atoms with van der Waals surface area (Å²) in [7, 11) is 0. The lowest BCUT2D eigenvalue weighted by Gasteiger charge is -2.21. The topological polar surface area (TPSA) is 61.4 Å². The summed E-state index contributed by atoms with van der Waals surface area (Å²) in [5, 5.41) is 6.26. The number of carbonyl (C=O) groups is 2. The van der Waals surface area contributed by atoms with Gasteiger partial charge in [-0.3, -0.25) is 9.59 Å². The third-order valence-electron chi connectivity index (χ3n) is 4.43. The zero-order valence-corrected chi connectivity index (χ0v) is 15.3. The molecule has 24 heavy (non-hydrogen) atoms. The van der Waals surface area contributed by atoms with Gasteiger partial charge in [-0.25, -0.2) is 0 Å². The van der Waals surface area contributed by atoms with Crippen molar-refractivity contribution in [2.45, 2.75) is 33.2 Å². The number of halogens is 1. The predicted molar refractivity (Wildman–Crippen MR) is 98.4 cm³/mol. The molecule has 1 aromatic rings. The number of nitrogens with zero attached hydrogens (tertiary/aromatic N) is 1. The second-order valence-electron chi connectivity index (χ2n) is 5.92. The van der Waals surface area contributed by atoms with E-state index in [1.807, 2.05) is 38.1 Å². The largest absolute Gasteiger partial charge is 0.352 e. The first kappa shape index (κ1) is 20.5. The fraction of sp³-hybridized carbons (Fsp3) is 0.556. The molecular formula is C18H28ClN3O2. The van der Waals surface area contributed by atoms with Crippen LogP contribution in [0.4, 0.5) is 0 Å². The fourth-order valence-electron chi connectivity index (χ4n) is 2.88. The van der Waals surface area contributed by atoms with Crippen molar-refractivity contribution in [3.63, 3.8) is 0 Å². The third-order valence-corrected chi connectivity index (χ3v) is 4.43. The summed E-state index contributed by atoms with van der Waals surface area (Å²) in [5.74, 6) is 0.315. The number of hydrogen-bond acceptors (Lipinski definition) is 3. The normalized spacial score (nSPS) is 14.6. The van der Waals surface area contributed by atoms with Crippen LogP contribution < -0.4 is 10.6 Å². The molecule has 2 rings (SSSR count). The van der Waals surface area contributed by atoms with E-state index in [-0.39, 0.29) is 30.1 Å². The van der Waals surface area contributed by atoms with Crippen molar-refractivity contribution >= 4 is 24.2 Å². The maximum absolute atomic E-state index is 12.2. The first-order chi connectivity index (χ1) is 11.2. The van der Waals surface area contributed by atoms with Crippen molar-refractivity contribution in [1.82, 2.24) is 15.5 Å². The van der Waals surface area contributed by atoms with Gasteiger partial charge >= 0.3 is 0 Å². The smallest absolute Gasteiger partial charge is 0.253 e. The van der Waals surface area contributed by atoms with Crippen molar-refractivity contribution in [3.05, 3.63) is 35.4 Å². The Morgan fingerprint density at radius 1 is 1.12 bits per heavy atom. The molecule has 1 aromatic carbocycles. The van der Waals surface area contributed by atoms with Crippen molar-refractivity contribution in [1.29, 1.82) is 0 Å². The van der Waals surface area contributed by atoms with Crippen molar-refractivity contribution in [3.8, 4) is 0 Å². The van der Waals surface area contributed by atoms with Crippen LogP contribution in [0.25, 0.3) is 0 Å². The van der Waals surface area contributed by atoms with Crippen LogP contribution in [0, 0.1) is 5.92 Å². The van der Waals surface area contributed by atoms with Crippen molar-refractivity contribution < 1.29 is 9.59 Å². The number of hydrogen-bond donors (Lipinski definition) is 2. The Morgan fingerprint density at radius 2 is 1.71 bits per heavy atom. The van der Waals surface area contributed by atoms with E-state index < -0.39 is 0 Å². The van der Waals surface area contributed by atoms with Crippen LogP contribution in [0.3, 0.4) is 0 Å². The maximum atomic E-state index is 12.2. The Morgan fingerprint density at radius 3 is 2.25 bits per heavy atom. The van der Waals surface area contributed by atoms with Crippen LogP contribution in [-0.4, -0.2) is 42.9 Å². The maximum Gasteiger partial charge on any atom is 0.253 e. The minimum Gasteiger partial charge on any atom is -0.352 e. The molecule has 1 heterocycles. The Labute approximate surface area is 150 Å². The van der Waals surface area contributed by atoms with E-state index in [0.717, 1.165) is 31.5 Å². The lowest BCUT2D eigenvalue weighted by molar-refractivity contribution is -0.125. The molecule has 134 valence electrons. The Kier molecular flexibility index (Phi) is 8.79. The number of rotatable bonds is 6. The molecule has 0 unspecified atom stereocenters. The molecular weight excluding hydrogens is 326 g/mol. The Bertz CT molecular complexity index is 524. The van der Waals surface area contributed by atoms with Gasteiger partial charge in [0, 0.05) is 31.1 Å². The van der Waals surface area contributed by atoms with E-state index >= 15 is 0 Å². The molecule has 0 spiro atoms. The number of carbonyl (C=O) groups excluding carboxylic acids is 2. The van der Waals surface area contributed by atoms with Gasteiger partial charge in [0.05, 0.1) is 0 Å². The number of benzene rings is 1. The molecule has 0 radical (unpaired) electrons. The standard InChI is InChI=1S/C18H27N3O2.ClH/c1-3-21(4-2)18(23)16-7-5-14(6-8-16)13-20-17(22)15-9-11-19-12-10-15;/h5-8,15,19H,3-4,9-13H2,1-2H3,(H,20,22);1H. The predicted octanol–water partition coefficient (Wildman–Crippen LogP) is 2.21. The van der Waals surface area contributed by atoms with Gasteiger partial charge in [0.1, 0.15) is 0 Å². The summed E-state index contributed by atoms with van der Waals surface area (Å²) in [5.41, 5.74) is 1.71. The van der Waals surface area contributed by atoms with Crippen molar-refractivity contribution in [2.75, 3.05) is 26.2 Å². The summed E-state index contributed by atoms with van der Waals surface area (Å²) in [6.07, 6.45) is 1.81. The molecule has 5 nitrogen and oxygen atoms in total. The highest BCUT2D eigenvalue weighted by atomic mass is 35.5. The van der Waals surface area contributed by atoms with E-state index in [0.29, 0.717) is 25.2 Å². The third kappa shape index (κ3) is 5.49. The van der Waals surface area contributed by atoms with E-state index in [1.54, 1.807) is 4.90 Å². The zero-order chi connectivity index (χ0) is 16.7. The van der Waals surface area contributed by atoms with Gasteiger partial charge in [0.2, 0.25) is 5.91 Å². The quantitative estimate of drug-likeness (QED) is 0.824. The van der Waals surface area contributed by atoms with Gasteiger partial charge in [-0.1, -0.05) is 12.1 Å². The number of amides is 2. The molecule has 1 fully saturated rings. The highest BCUT2D eigenvalue weighted by molar-refractivity contribution is 5.94. The Hall–Kier alpha value is -1.59. The molecule has 6 heteroatoms. The highest BCUT2D eigenvalue weighted by Crippen LogP contribution is 2.12. The van der Waals surface area contributed by atoms with E-state index in [4.69, 9.17) is 0 Å². The molecule has 1 aliphatic heterocycles. The van der Waals surface area contributed by atoms with Crippen LogP contribution >= 0.6 is 12.4 Å². The minimum absolute atomic E-state index is 0. The molecule has 2 amide bonds. The molecule has 0 aliphatic carbocycles. The van der Waals surface area contributed by atoms with Gasteiger partial charge in [0.15, 0.2) is 0 Å². The lowest BCUT2D eigenvalue weighted by atomic mass is 9.97. The van der Waals surface area contributed by atoms with Gasteiger partial charge < -0.3 is 15.5 Å². The van der Waals surface area contributed by atoms with Crippen LogP contribution in [-0.2, 0) is 11.3 Å². The van der Waals surface area contributed by atoms with Crippen molar-refractivity contribution in [2.24, 2.45) is 5.92 Å². The molecule has 0 saturated carbocycles. The SMILES string of the molecule is CCN(CC)C(=O)c1ccc(CNC(=O)C2CCNCC2)cc1.Cl. The van der Waals surface area contributed by atoms with E-state index in [1.165, 1.54) is 0 Å². The second kappa shape index (κ2) is 10.3.